The molecule has 1 unspecified atom stereocenters. The van der Waals surface area contributed by atoms with Crippen LogP contribution in [0.2, 0.25) is 0 Å². The van der Waals surface area contributed by atoms with Crippen molar-refractivity contribution in [2.75, 3.05) is 7.11 Å². The number of carbonyl (C=O) groups excluding carboxylic acids is 1. The van der Waals surface area contributed by atoms with E-state index < -0.39 is 12.1 Å². The van der Waals surface area contributed by atoms with Crippen LogP contribution in [0, 0.1) is 0 Å². The minimum absolute atomic E-state index is 0.236. The maximum Gasteiger partial charge on any atom is 0.335 e. The third-order valence-electron chi connectivity index (χ3n) is 2.09. The van der Waals surface area contributed by atoms with Crippen molar-refractivity contribution in [2.24, 2.45) is 0 Å². The third kappa shape index (κ3) is 3.06. The number of aliphatic hydroxyl groups is 1. The number of aliphatic hydroxyl groups excluding tert-OH is 1. The Morgan fingerprint density at radius 2 is 2.33 bits per heavy atom. The molecule has 84 valence electrons. The Morgan fingerprint density at radius 1 is 1.67 bits per heavy atom. The molecule has 0 bridgehead atoms. The second kappa shape index (κ2) is 4.93. The Kier molecular flexibility index (Phi) is 3.85. The quantitative estimate of drug-likeness (QED) is 0.740. The van der Waals surface area contributed by atoms with E-state index >= 15 is 0 Å². The molecule has 0 radical (unpaired) electrons. The highest BCUT2D eigenvalue weighted by molar-refractivity contribution is 5.74. The first-order valence-electron chi connectivity index (χ1n) is 4.83. The van der Waals surface area contributed by atoms with Crippen molar-refractivity contribution in [3.8, 4) is 0 Å². The normalized spacial score (nSPS) is 12.9. The number of carbonyl (C=O) groups is 1. The second-order valence-corrected chi connectivity index (χ2v) is 3.67. The van der Waals surface area contributed by atoms with Crippen LogP contribution in [0.4, 0.5) is 0 Å². The molecular formula is C10H16N2O3. The Hall–Kier alpha value is -1.36. The van der Waals surface area contributed by atoms with Crippen molar-refractivity contribution in [2.45, 2.75) is 32.4 Å². The van der Waals surface area contributed by atoms with Gasteiger partial charge in [0.05, 0.1) is 13.3 Å². The zero-order valence-corrected chi connectivity index (χ0v) is 9.17. The van der Waals surface area contributed by atoms with Crippen molar-refractivity contribution in [1.82, 2.24) is 9.78 Å². The molecule has 0 spiro atoms. The Balaban J connectivity index is 2.61. The monoisotopic (exact) mass is 212 g/mol. The summed E-state index contributed by atoms with van der Waals surface area (Å²) >= 11 is 0. The maximum absolute atomic E-state index is 11.0. The SMILES string of the molecule is COC(=O)C(O)Cc1cnn(C(C)C)c1. The van der Waals surface area contributed by atoms with Crippen LogP contribution in [0.25, 0.3) is 0 Å². The summed E-state index contributed by atoms with van der Waals surface area (Å²) in [6.07, 6.45) is 2.59. The molecule has 1 aromatic heterocycles. The van der Waals surface area contributed by atoms with Crippen molar-refractivity contribution in [1.29, 1.82) is 0 Å². The predicted octanol–water partition coefficient (Wildman–Crippen LogP) is 0.540. The van der Waals surface area contributed by atoms with Crippen molar-refractivity contribution < 1.29 is 14.6 Å². The van der Waals surface area contributed by atoms with Crippen LogP contribution in [-0.4, -0.2) is 34.1 Å². The largest absolute Gasteiger partial charge is 0.467 e. The van der Waals surface area contributed by atoms with Crippen molar-refractivity contribution in [3.63, 3.8) is 0 Å². The lowest BCUT2D eigenvalue weighted by molar-refractivity contribution is -0.150. The lowest BCUT2D eigenvalue weighted by Crippen LogP contribution is -2.23. The van der Waals surface area contributed by atoms with Crippen LogP contribution in [-0.2, 0) is 16.0 Å². The van der Waals surface area contributed by atoms with E-state index in [0.717, 1.165) is 5.56 Å². The highest BCUT2D eigenvalue weighted by Crippen LogP contribution is 2.08. The summed E-state index contributed by atoms with van der Waals surface area (Å²) in [4.78, 5) is 11.0. The first-order chi connectivity index (χ1) is 7.04. The summed E-state index contributed by atoms with van der Waals surface area (Å²) in [6, 6.07) is 0.272. The lowest BCUT2D eigenvalue weighted by Gasteiger charge is -2.06. The summed E-state index contributed by atoms with van der Waals surface area (Å²) < 4.78 is 6.20. The van der Waals surface area contributed by atoms with Gasteiger partial charge in [0.15, 0.2) is 6.10 Å². The van der Waals surface area contributed by atoms with Gasteiger partial charge in [0.2, 0.25) is 0 Å². The van der Waals surface area contributed by atoms with E-state index in [2.05, 4.69) is 9.84 Å². The molecule has 0 fully saturated rings. The maximum atomic E-state index is 11.0. The lowest BCUT2D eigenvalue weighted by atomic mass is 10.1. The summed E-state index contributed by atoms with van der Waals surface area (Å²) in [7, 11) is 1.25. The van der Waals surface area contributed by atoms with Crippen LogP contribution in [0.1, 0.15) is 25.5 Å². The Bertz CT molecular complexity index is 333. The number of hydrogen-bond acceptors (Lipinski definition) is 4. The number of rotatable bonds is 4. The van der Waals surface area contributed by atoms with E-state index in [4.69, 9.17) is 0 Å². The van der Waals surface area contributed by atoms with E-state index in [-0.39, 0.29) is 12.5 Å². The topological polar surface area (TPSA) is 64.3 Å². The van der Waals surface area contributed by atoms with Gasteiger partial charge in [-0.3, -0.25) is 4.68 Å². The minimum atomic E-state index is -1.11. The molecule has 0 saturated heterocycles. The molecule has 1 N–H and O–H groups in total. The standard InChI is InChI=1S/C10H16N2O3/c1-7(2)12-6-8(5-11-12)4-9(13)10(14)15-3/h5-7,9,13H,4H2,1-3H3. The fraction of sp³-hybridized carbons (Fsp3) is 0.600. The molecule has 0 amide bonds. The first kappa shape index (κ1) is 11.7. The van der Waals surface area contributed by atoms with Crippen LogP contribution in [0.5, 0.6) is 0 Å². The van der Waals surface area contributed by atoms with Crippen LogP contribution < -0.4 is 0 Å². The molecule has 1 rings (SSSR count). The van der Waals surface area contributed by atoms with Gasteiger partial charge in [0.25, 0.3) is 0 Å². The molecular weight excluding hydrogens is 196 g/mol. The Morgan fingerprint density at radius 3 is 2.80 bits per heavy atom. The van der Waals surface area contributed by atoms with E-state index in [1.54, 1.807) is 10.9 Å². The molecule has 0 saturated carbocycles. The Labute approximate surface area is 88.7 Å². The highest BCUT2D eigenvalue weighted by atomic mass is 16.5. The molecule has 0 aliphatic rings. The van der Waals surface area contributed by atoms with Gasteiger partial charge >= 0.3 is 5.97 Å². The van der Waals surface area contributed by atoms with Crippen LogP contribution in [0.15, 0.2) is 12.4 Å². The first-order valence-corrected chi connectivity index (χ1v) is 4.83. The molecule has 1 aromatic rings. The van der Waals surface area contributed by atoms with E-state index in [1.807, 2.05) is 20.0 Å². The number of esters is 1. The van der Waals surface area contributed by atoms with E-state index in [1.165, 1.54) is 7.11 Å². The average molecular weight is 212 g/mol. The fourth-order valence-electron chi connectivity index (χ4n) is 1.21. The van der Waals surface area contributed by atoms with Gasteiger partial charge in [-0.05, 0) is 19.4 Å². The minimum Gasteiger partial charge on any atom is -0.467 e. The van der Waals surface area contributed by atoms with Gasteiger partial charge in [-0.15, -0.1) is 0 Å². The molecule has 0 aromatic carbocycles. The fourth-order valence-corrected chi connectivity index (χ4v) is 1.21. The molecule has 1 heterocycles. The molecule has 5 heteroatoms. The number of hydrogen-bond donors (Lipinski definition) is 1. The number of aromatic nitrogens is 2. The van der Waals surface area contributed by atoms with E-state index in [0.29, 0.717) is 0 Å². The summed E-state index contributed by atoms with van der Waals surface area (Å²) in [5.41, 5.74) is 0.821. The number of nitrogens with zero attached hydrogens (tertiary/aromatic N) is 2. The third-order valence-corrected chi connectivity index (χ3v) is 2.09. The molecule has 0 aliphatic carbocycles. The van der Waals surface area contributed by atoms with Crippen molar-refractivity contribution in [3.05, 3.63) is 18.0 Å². The molecule has 15 heavy (non-hydrogen) atoms. The summed E-state index contributed by atoms with van der Waals surface area (Å²) in [5.74, 6) is -0.618. The highest BCUT2D eigenvalue weighted by Gasteiger charge is 2.16. The second-order valence-electron chi connectivity index (χ2n) is 3.67. The summed E-state index contributed by atoms with van der Waals surface area (Å²) in [6.45, 7) is 4.01. The van der Waals surface area contributed by atoms with Gasteiger partial charge < -0.3 is 9.84 Å². The van der Waals surface area contributed by atoms with Gasteiger partial charge in [0.1, 0.15) is 0 Å². The number of methoxy groups -OCH3 is 1. The van der Waals surface area contributed by atoms with Gasteiger partial charge in [-0.1, -0.05) is 0 Å². The summed E-state index contributed by atoms with van der Waals surface area (Å²) in [5, 5.41) is 13.5. The van der Waals surface area contributed by atoms with Gasteiger partial charge in [-0.2, -0.15) is 5.10 Å². The van der Waals surface area contributed by atoms with Crippen LogP contribution in [0.3, 0.4) is 0 Å². The molecule has 0 aliphatic heterocycles. The van der Waals surface area contributed by atoms with Gasteiger partial charge in [-0.25, -0.2) is 4.79 Å². The molecule has 5 nitrogen and oxygen atoms in total. The zero-order chi connectivity index (χ0) is 11.4. The zero-order valence-electron chi connectivity index (χ0n) is 9.17. The van der Waals surface area contributed by atoms with Gasteiger partial charge in [0, 0.05) is 18.7 Å². The molecule has 1 atom stereocenters. The van der Waals surface area contributed by atoms with Crippen LogP contribution >= 0.6 is 0 Å². The van der Waals surface area contributed by atoms with Crippen molar-refractivity contribution >= 4 is 5.97 Å². The average Bonchev–Trinajstić information content (AvgIpc) is 2.65. The predicted molar refractivity (Wildman–Crippen MR) is 54.3 cm³/mol. The smallest absolute Gasteiger partial charge is 0.335 e. The number of ether oxygens (including phenoxy) is 1. The van der Waals surface area contributed by atoms with E-state index in [9.17, 15) is 9.90 Å².